The van der Waals surface area contributed by atoms with Crippen LogP contribution in [0.4, 0.5) is 0 Å². The number of halogens is 2. The van der Waals surface area contributed by atoms with Gasteiger partial charge < -0.3 is 0 Å². The molecule has 4 atom stereocenters. The Kier molecular flexibility index (Phi) is 2.77. The Hall–Kier alpha value is 0.250. The molecule has 0 aliphatic heterocycles. The average Bonchev–Trinajstić information content (AvgIpc) is 2.76. The summed E-state index contributed by atoms with van der Waals surface area (Å²) in [6, 6.07) is 0. The zero-order chi connectivity index (χ0) is 14.3. The maximum atomic E-state index is 13.1. The predicted molar refractivity (Wildman–Crippen MR) is 79.5 cm³/mol. The number of ketones is 1. The Labute approximate surface area is 126 Å². The summed E-state index contributed by atoms with van der Waals surface area (Å²) in [7, 11) is 0. The van der Waals surface area contributed by atoms with Crippen LogP contribution in [0.25, 0.3) is 0 Å². The first-order valence-electron chi connectivity index (χ1n) is 7.48. The standard InChI is InChI=1S/C16H24Cl2O/c1-13(2)6-5-7-14(3)8-9-15(4)11(16(15,17)18)10(13)12(14)19/h10-11H,5-9H2,1-4H3/t10-,11-,14+,15+/m0/s1. The van der Waals surface area contributed by atoms with Crippen LogP contribution < -0.4 is 0 Å². The van der Waals surface area contributed by atoms with Crippen molar-refractivity contribution in [2.75, 3.05) is 0 Å². The van der Waals surface area contributed by atoms with E-state index in [1.807, 2.05) is 0 Å². The van der Waals surface area contributed by atoms with Crippen LogP contribution in [0.3, 0.4) is 0 Å². The third kappa shape index (κ3) is 1.64. The molecule has 0 unspecified atom stereocenters. The summed E-state index contributed by atoms with van der Waals surface area (Å²) in [5, 5.41) is 0. The van der Waals surface area contributed by atoms with Gasteiger partial charge in [-0.3, -0.25) is 4.79 Å². The van der Waals surface area contributed by atoms with Crippen LogP contribution in [0.5, 0.6) is 0 Å². The molecular weight excluding hydrogens is 279 g/mol. The highest BCUT2D eigenvalue weighted by molar-refractivity contribution is 6.52. The summed E-state index contributed by atoms with van der Waals surface area (Å²) >= 11 is 13.2. The van der Waals surface area contributed by atoms with Crippen molar-refractivity contribution in [3.63, 3.8) is 0 Å². The van der Waals surface area contributed by atoms with Crippen LogP contribution in [0.15, 0.2) is 0 Å². The Morgan fingerprint density at radius 2 is 1.63 bits per heavy atom. The third-order valence-electron chi connectivity index (χ3n) is 6.55. The number of Topliss-reactive ketones (excluding diaryl/α,β-unsaturated/α-hetero) is 1. The van der Waals surface area contributed by atoms with Gasteiger partial charge in [-0.2, -0.15) is 0 Å². The lowest BCUT2D eigenvalue weighted by Gasteiger charge is -2.35. The zero-order valence-corrected chi connectivity index (χ0v) is 13.9. The number of carbonyl (C=O) groups is 1. The second kappa shape index (κ2) is 3.71. The third-order valence-corrected chi connectivity index (χ3v) is 7.89. The van der Waals surface area contributed by atoms with E-state index in [4.69, 9.17) is 23.2 Å². The van der Waals surface area contributed by atoms with Crippen molar-refractivity contribution in [2.45, 2.75) is 64.1 Å². The Morgan fingerprint density at radius 3 is 2.26 bits per heavy atom. The predicted octanol–water partition coefficient (Wildman–Crippen LogP) is 4.99. The molecule has 3 aliphatic carbocycles. The Balaban J connectivity index is 2.11. The molecule has 3 fully saturated rings. The normalized spacial score (nSPS) is 50.9. The van der Waals surface area contributed by atoms with E-state index in [9.17, 15) is 4.79 Å². The molecule has 3 heteroatoms. The second-order valence-corrected chi connectivity index (χ2v) is 9.65. The minimum absolute atomic E-state index is 0.0244. The second-order valence-electron chi connectivity index (χ2n) is 8.26. The maximum Gasteiger partial charge on any atom is 0.142 e. The highest BCUT2D eigenvalue weighted by Crippen LogP contribution is 2.78. The lowest BCUT2D eigenvalue weighted by atomic mass is 9.68. The molecule has 0 aromatic rings. The number of fused-ring (bicyclic) bond motifs is 4. The summed E-state index contributed by atoms with van der Waals surface area (Å²) in [5.41, 5.74) is -0.182. The number of hydrogen-bond donors (Lipinski definition) is 0. The summed E-state index contributed by atoms with van der Waals surface area (Å²) in [6.45, 7) is 8.81. The van der Waals surface area contributed by atoms with Crippen molar-refractivity contribution in [3.8, 4) is 0 Å². The molecule has 0 amide bonds. The average molecular weight is 303 g/mol. The van der Waals surface area contributed by atoms with Gasteiger partial charge in [0.05, 0.1) is 0 Å². The molecule has 0 aromatic heterocycles. The van der Waals surface area contributed by atoms with Crippen molar-refractivity contribution in [2.24, 2.45) is 28.1 Å². The minimum Gasteiger partial charge on any atom is -0.299 e. The molecule has 1 nitrogen and oxygen atoms in total. The van der Waals surface area contributed by atoms with Crippen molar-refractivity contribution in [3.05, 3.63) is 0 Å². The maximum absolute atomic E-state index is 13.1. The van der Waals surface area contributed by atoms with Gasteiger partial charge in [-0.25, -0.2) is 0 Å². The molecule has 108 valence electrons. The van der Waals surface area contributed by atoms with Crippen molar-refractivity contribution < 1.29 is 4.79 Å². The highest BCUT2D eigenvalue weighted by atomic mass is 35.5. The quantitative estimate of drug-likeness (QED) is 0.576. The van der Waals surface area contributed by atoms with Crippen LogP contribution in [0.2, 0.25) is 0 Å². The fourth-order valence-corrected chi connectivity index (χ4v) is 5.89. The Bertz CT molecular complexity index is 442. The van der Waals surface area contributed by atoms with Gasteiger partial charge in [-0.15, -0.1) is 23.2 Å². The van der Waals surface area contributed by atoms with Crippen LogP contribution in [0.1, 0.15) is 59.8 Å². The molecule has 0 heterocycles. The molecular formula is C16H24Cl2O. The lowest BCUT2D eigenvalue weighted by molar-refractivity contribution is -0.135. The molecule has 0 N–H and O–H groups in total. The molecule has 0 aromatic carbocycles. The van der Waals surface area contributed by atoms with Gasteiger partial charge in [-0.05, 0) is 31.1 Å². The highest BCUT2D eigenvalue weighted by Gasteiger charge is 2.78. The van der Waals surface area contributed by atoms with E-state index in [1.165, 1.54) is 0 Å². The smallest absolute Gasteiger partial charge is 0.142 e. The number of alkyl halides is 2. The van der Waals surface area contributed by atoms with Crippen molar-refractivity contribution in [1.29, 1.82) is 0 Å². The largest absolute Gasteiger partial charge is 0.299 e. The van der Waals surface area contributed by atoms with E-state index >= 15 is 0 Å². The Morgan fingerprint density at radius 1 is 1.00 bits per heavy atom. The van der Waals surface area contributed by atoms with E-state index < -0.39 is 4.33 Å². The molecule has 0 spiro atoms. The van der Waals surface area contributed by atoms with E-state index in [-0.39, 0.29) is 28.1 Å². The van der Waals surface area contributed by atoms with E-state index in [1.54, 1.807) is 0 Å². The molecule has 0 radical (unpaired) electrons. The van der Waals surface area contributed by atoms with Gasteiger partial charge in [0, 0.05) is 22.7 Å². The van der Waals surface area contributed by atoms with Gasteiger partial charge in [0.1, 0.15) is 10.1 Å². The van der Waals surface area contributed by atoms with Crippen LogP contribution in [-0.2, 0) is 4.79 Å². The minimum atomic E-state index is -0.698. The fourth-order valence-electron chi connectivity index (χ4n) is 4.85. The molecule has 19 heavy (non-hydrogen) atoms. The summed E-state index contributed by atoms with van der Waals surface area (Å²) in [5.74, 6) is 0.611. The van der Waals surface area contributed by atoms with Crippen LogP contribution in [-0.4, -0.2) is 10.1 Å². The molecule has 0 saturated heterocycles. The van der Waals surface area contributed by atoms with Crippen molar-refractivity contribution in [1.82, 2.24) is 0 Å². The topological polar surface area (TPSA) is 17.1 Å². The van der Waals surface area contributed by atoms with Gasteiger partial charge in [0.15, 0.2) is 0 Å². The molecule has 3 saturated carbocycles. The van der Waals surface area contributed by atoms with Crippen LogP contribution >= 0.6 is 23.2 Å². The monoisotopic (exact) mass is 302 g/mol. The summed E-state index contributed by atoms with van der Waals surface area (Å²) in [4.78, 5) is 13.1. The summed E-state index contributed by atoms with van der Waals surface area (Å²) < 4.78 is -0.698. The number of carbonyl (C=O) groups excluding carboxylic acids is 1. The van der Waals surface area contributed by atoms with E-state index in [2.05, 4.69) is 27.7 Å². The van der Waals surface area contributed by atoms with Crippen LogP contribution in [0, 0.1) is 28.1 Å². The molecule has 2 bridgehead atoms. The van der Waals surface area contributed by atoms with Crippen molar-refractivity contribution >= 4 is 29.0 Å². The fraction of sp³-hybridized carbons (Fsp3) is 0.938. The zero-order valence-electron chi connectivity index (χ0n) is 12.4. The van der Waals surface area contributed by atoms with Gasteiger partial charge in [-0.1, -0.05) is 34.1 Å². The molecule has 3 aliphatic rings. The first kappa shape index (κ1) is 14.2. The number of rotatable bonds is 0. The van der Waals surface area contributed by atoms with E-state index in [0.29, 0.717) is 5.78 Å². The lowest BCUT2D eigenvalue weighted by Crippen LogP contribution is -2.39. The number of hydrogen-bond acceptors (Lipinski definition) is 1. The first-order chi connectivity index (χ1) is 8.56. The van der Waals surface area contributed by atoms with Gasteiger partial charge >= 0.3 is 0 Å². The van der Waals surface area contributed by atoms with E-state index in [0.717, 1.165) is 32.1 Å². The summed E-state index contributed by atoms with van der Waals surface area (Å²) in [6.07, 6.45) is 5.22. The molecule has 3 rings (SSSR count). The SMILES string of the molecule is CC1(C)CCC[C@]2(C)CC[C@]3(C)[C@H]([C@H]1C2=O)C3(Cl)Cl. The van der Waals surface area contributed by atoms with Gasteiger partial charge in [0.25, 0.3) is 0 Å². The van der Waals surface area contributed by atoms with Gasteiger partial charge in [0.2, 0.25) is 0 Å². The first-order valence-corrected chi connectivity index (χ1v) is 8.24.